The molecule has 2 aliphatic carbocycles. The van der Waals surface area contributed by atoms with Gasteiger partial charge < -0.3 is 0 Å². The van der Waals surface area contributed by atoms with Crippen molar-refractivity contribution < 1.29 is 21.4 Å². The van der Waals surface area contributed by atoms with Crippen molar-refractivity contribution in [3.05, 3.63) is 0 Å². The van der Waals surface area contributed by atoms with Gasteiger partial charge in [0.15, 0.2) is 0 Å². The second-order valence-electron chi connectivity index (χ2n) is 3.86. The lowest BCUT2D eigenvalue weighted by Crippen LogP contribution is -2.27. The lowest BCUT2D eigenvalue weighted by Gasteiger charge is -2.21. The van der Waals surface area contributed by atoms with Crippen molar-refractivity contribution in [2.75, 3.05) is 0 Å². The van der Waals surface area contributed by atoms with Crippen LogP contribution in [0.25, 0.3) is 0 Å². The molecule has 0 aromatic rings. The maximum Gasteiger partial charge on any atom is 0.267 e. The van der Waals surface area contributed by atoms with Crippen molar-refractivity contribution in [3.8, 4) is 0 Å². The summed E-state index contributed by atoms with van der Waals surface area (Å²) in [6.07, 6.45) is 3.74. The fraction of sp³-hybridized carbons (Fsp3) is 1.00. The minimum Gasteiger partial charge on any atom is -0.285 e. The number of rotatable bonds is 2. The summed E-state index contributed by atoms with van der Waals surface area (Å²) >= 11 is 0. The summed E-state index contributed by atoms with van der Waals surface area (Å²) in [5, 5.41) is 4.07. The van der Waals surface area contributed by atoms with Gasteiger partial charge in [0.2, 0.25) is 10.0 Å². The molecule has 0 radical (unpaired) electrons. The number of halogens is 1. The van der Waals surface area contributed by atoms with Gasteiger partial charge in [0, 0.05) is 0 Å². The van der Waals surface area contributed by atoms with Crippen molar-refractivity contribution in [1.82, 2.24) is 0 Å². The van der Waals surface area contributed by atoms with Crippen LogP contribution in [0.1, 0.15) is 32.1 Å². The van der Waals surface area contributed by atoms with Crippen molar-refractivity contribution in [3.63, 3.8) is 0 Å². The summed E-state index contributed by atoms with van der Waals surface area (Å²) in [6, 6.07) is 0. The van der Waals surface area contributed by atoms with Crippen LogP contribution in [0.4, 0.5) is 0 Å². The molecule has 0 aliphatic heterocycles. The Balaban J connectivity index is 0.000000267. The topological polar surface area (TPSA) is 115 Å². The summed E-state index contributed by atoms with van der Waals surface area (Å²) in [4.78, 5) is 0. The predicted octanol–water partition coefficient (Wildman–Crippen LogP) is 0.286. The molecule has 0 bridgehead atoms. The molecular weight excluding hydrogens is 278 g/mol. The Bertz CT molecular complexity index is 410. The second kappa shape index (κ2) is 5.63. The molecule has 0 heterocycles. The van der Waals surface area contributed by atoms with Crippen molar-refractivity contribution in [2.24, 2.45) is 5.14 Å². The Hall–Kier alpha value is 0.110. The minimum absolute atomic E-state index is 0. The molecule has 0 unspecified atom stereocenters. The van der Waals surface area contributed by atoms with Crippen LogP contribution in [-0.2, 0) is 20.1 Å². The molecule has 16 heavy (non-hydrogen) atoms. The minimum atomic E-state index is -3.67. The molecule has 0 saturated heterocycles. The van der Waals surface area contributed by atoms with Gasteiger partial charge >= 0.3 is 0 Å². The number of primary sulfonamides is 1. The smallest absolute Gasteiger partial charge is 0.267 e. The standard InChI is InChI=1S/C4H8O3S.C3H7NO2S.ClH/c5-8(6,7)4-2-1-3-4;4-7(5,6)3-1-2-3;/h4H,1-3H2,(H,5,6,7);3H,1-2H2,(H2,4,5,6);1H. The third kappa shape index (κ3) is 5.44. The largest absolute Gasteiger partial charge is 0.285 e. The highest BCUT2D eigenvalue weighted by molar-refractivity contribution is 7.90. The van der Waals surface area contributed by atoms with Crippen LogP contribution in [0.15, 0.2) is 0 Å². The van der Waals surface area contributed by atoms with Gasteiger partial charge in [-0.15, -0.1) is 12.4 Å². The van der Waals surface area contributed by atoms with Crippen LogP contribution in [0.5, 0.6) is 0 Å². The molecule has 0 spiro atoms. The molecule has 2 rings (SSSR count). The quantitative estimate of drug-likeness (QED) is 0.710. The van der Waals surface area contributed by atoms with Crippen molar-refractivity contribution in [1.29, 1.82) is 0 Å². The molecule has 0 atom stereocenters. The Labute approximate surface area is 102 Å². The van der Waals surface area contributed by atoms with E-state index in [0.717, 1.165) is 19.3 Å². The van der Waals surface area contributed by atoms with Gasteiger partial charge in [-0.2, -0.15) is 8.42 Å². The van der Waals surface area contributed by atoms with E-state index in [1.807, 2.05) is 0 Å². The van der Waals surface area contributed by atoms with Gasteiger partial charge in [0.25, 0.3) is 10.1 Å². The Morgan fingerprint density at radius 1 is 0.938 bits per heavy atom. The first-order chi connectivity index (χ1) is 6.71. The normalized spacial score (nSPS) is 21.1. The third-order valence-corrected chi connectivity index (χ3v) is 5.18. The van der Waals surface area contributed by atoms with Crippen molar-refractivity contribution >= 4 is 32.5 Å². The molecule has 2 fully saturated rings. The fourth-order valence-electron chi connectivity index (χ4n) is 1.07. The van der Waals surface area contributed by atoms with Crippen molar-refractivity contribution in [2.45, 2.75) is 42.6 Å². The summed E-state index contributed by atoms with van der Waals surface area (Å²) < 4.78 is 49.0. The number of hydrogen-bond acceptors (Lipinski definition) is 4. The molecule has 6 nitrogen and oxygen atoms in total. The first-order valence-electron chi connectivity index (χ1n) is 4.69. The van der Waals surface area contributed by atoms with E-state index < -0.39 is 25.4 Å². The van der Waals surface area contributed by atoms with E-state index in [9.17, 15) is 16.8 Å². The van der Waals surface area contributed by atoms with Crippen LogP contribution in [0.2, 0.25) is 0 Å². The highest BCUT2D eigenvalue weighted by atomic mass is 35.5. The zero-order valence-corrected chi connectivity index (χ0v) is 11.0. The average molecular weight is 294 g/mol. The lowest BCUT2D eigenvalue weighted by atomic mass is 10.0. The summed E-state index contributed by atoms with van der Waals surface area (Å²) in [5.41, 5.74) is 0. The Kier molecular flexibility index (Phi) is 5.67. The monoisotopic (exact) mass is 293 g/mol. The SMILES string of the molecule is Cl.NS(=O)(=O)C1CC1.O=S(=O)(O)C1CCC1. The first-order valence-corrected chi connectivity index (χ1v) is 7.80. The average Bonchev–Trinajstić information content (AvgIpc) is 2.53. The summed E-state index contributed by atoms with van der Waals surface area (Å²) in [6.45, 7) is 0. The zero-order valence-electron chi connectivity index (χ0n) is 8.57. The van der Waals surface area contributed by atoms with E-state index in [1.165, 1.54) is 0 Å². The summed E-state index contributed by atoms with van der Waals surface area (Å²) in [5.74, 6) is 0. The van der Waals surface area contributed by atoms with Gasteiger partial charge in [-0.25, -0.2) is 13.6 Å². The summed E-state index contributed by atoms with van der Waals surface area (Å²) in [7, 11) is -6.80. The molecule has 0 aromatic heterocycles. The Morgan fingerprint density at radius 3 is 1.38 bits per heavy atom. The van der Waals surface area contributed by atoms with Gasteiger partial charge in [0.05, 0.1) is 10.5 Å². The van der Waals surface area contributed by atoms with Crippen LogP contribution in [0.3, 0.4) is 0 Å². The van der Waals surface area contributed by atoms with Crippen LogP contribution >= 0.6 is 12.4 Å². The van der Waals surface area contributed by atoms with E-state index in [1.54, 1.807) is 0 Å². The Morgan fingerprint density at radius 2 is 1.38 bits per heavy atom. The zero-order chi connectivity index (χ0) is 11.7. The maximum absolute atomic E-state index is 10.2. The second-order valence-corrected chi connectivity index (χ2v) is 7.40. The van der Waals surface area contributed by atoms with Gasteiger partial charge in [-0.05, 0) is 25.7 Å². The van der Waals surface area contributed by atoms with E-state index in [2.05, 4.69) is 0 Å². The molecule has 0 aromatic carbocycles. The molecular formula is C7H16ClNO5S2. The van der Waals surface area contributed by atoms with Gasteiger partial charge in [0.1, 0.15) is 0 Å². The molecule has 2 aliphatic rings. The number of hydrogen-bond donors (Lipinski definition) is 2. The van der Waals surface area contributed by atoms with E-state index in [0.29, 0.717) is 12.8 Å². The van der Waals surface area contributed by atoms with Gasteiger partial charge in [-0.3, -0.25) is 4.55 Å². The van der Waals surface area contributed by atoms with Crippen LogP contribution < -0.4 is 5.14 Å². The molecule has 2 saturated carbocycles. The van der Waals surface area contributed by atoms with E-state index in [-0.39, 0.29) is 17.7 Å². The lowest BCUT2D eigenvalue weighted by molar-refractivity contribution is 0.413. The maximum atomic E-state index is 10.2. The fourth-order valence-corrected chi connectivity index (χ4v) is 2.79. The number of nitrogens with two attached hydrogens (primary N) is 1. The van der Waals surface area contributed by atoms with Gasteiger partial charge in [-0.1, -0.05) is 6.42 Å². The van der Waals surface area contributed by atoms with E-state index >= 15 is 0 Å². The molecule has 0 amide bonds. The first kappa shape index (κ1) is 16.1. The molecule has 9 heteroatoms. The number of sulfonamides is 1. The molecule has 3 N–H and O–H groups in total. The predicted molar refractivity (Wildman–Crippen MR) is 62.6 cm³/mol. The highest BCUT2D eigenvalue weighted by Crippen LogP contribution is 2.25. The highest BCUT2D eigenvalue weighted by Gasteiger charge is 2.32. The third-order valence-electron chi connectivity index (χ3n) is 2.46. The van der Waals surface area contributed by atoms with Crippen LogP contribution in [-0.4, -0.2) is 31.9 Å². The van der Waals surface area contributed by atoms with Crippen LogP contribution in [0, 0.1) is 0 Å². The molecule has 98 valence electrons. The van der Waals surface area contributed by atoms with E-state index in [4.69, 9.17) is 9.69 Å².